The molecule has 1 aromatic rings. The van der Waals surface area contributed by atoms with Gasteiger partial charge in [0.05, 0.1) is 0 Å². The Labute approximate surface area is 86.6 Å². The molecule has 0 amide bonds. The molecule has 0 aliphatic rings. The molecule has 1 aromatic carbocycles. The van der Waals surface area contributed by atoms with Crippen molar-refractivity contribution in [2.45, 2.75) is 12.2 Å². The van der Waals surface area contributed by atoms with E-state index in [1.54, 1.807) is 0 Å². The first-order chi connectivity index (χ1) is 7.27. The summed E-state index contributed by atoms with van der Waals surface area (Å²) in [4.78, 5) is 7.89. The molecule has 0 aliphatic carbocycles. The summed E-state index contributed by atoms with van der Waals surface area (Å²) in [5.74, 6) is -5.52. The third kappa shape index (κ3) is 2.20. The largest absolute Gasteiger partial charge is 0.618 e. The lowest BCUT2D eigenvalue weighted by Crippen LogP contribution is -2.52. The van der Waals surface area contributed by atoms with Crippen LogP contribution in [-0.2, 0) is 0 Å². The van der Waals surface area contributed by atoms with E-state index in [-0.39, 0.29) is 0 Å². The molecule has 0 aromatic heterocycles. The van der Waals surface area contributed by atoms with Gasteiger partial charge in [-0.05, 0) is 12.1 Å². The fourth-order valence-electron chi connectivity index (χ4n) is 0.843. The van der Waals surface area contributed by atoms with Gasteiger partial charge < -0.3 is 4.74 Å². The van der Waals surface area contributed by atoms with E-state index in [1.165, 1.54) is 18.2 Å². The van der Waals surface area contributed by atoms with Crippen LogP contribution in [0.1, 0.15) is 0 Å². The number of hydrogen-bond acceptors (Lipinski definition) is 3. The number of para-hydroxylation sites is 1. The van der Waals surface area contributed by atoms with Crippen LogP contribution in [0.15, 0.2) is 30.3 Å². The average molecular weight is 239 g/mol. The van der Waals surface area contributed by atoms with E-state index < -0.39 is 22.8 Å². The van der Waals surface area contributed by atoms with Crippen LogP contribution in [0.25, 0.3) is 0 Å². The summed E-state index contributed by atoms with van der Waals surface area (Å²) >= 11 is 0. The Hall–Kier alpha value is -1.86. The molecule has 4 nitrogen and oxygen atoms in total. The topological polar surface area (TPSA) is 52.4 Å². The summed E-state index contributed by atoms with van der Waals surface area (Å²) in [6.45, 7) is 0. The smallest absolute Gasteiger partial charge is 0.395 e. The first kappa shape index (κ1) is 12.2. The monoisotopic (exact) mass is 239 g/mol. The lowest BCUT2D eigenvalue weighted by Gasteiger charge is -2.19. The predicted molar refractivity (Wildman–Crippen MR) is 44.0 cm³/mol. The number of halogens is 4. The van der Waals surface area contributed by atoms with Crippen LogP contribution in [0.2, 0.25) is 0 Å². The van der Waals surface area contributed by atoms with E-state index in [0.717, 1.165) is 12.1 Å². The molecular weight excluding hydrogens is 234 g/mol. The minimum absolute atomic E-state index is 0.584. The molecule has 0 N–H and O–H groups in total. The summed E-state index contributed by atoms with van der Waals surface area (Å²) < 4.78 is 53.1. The van der Waals surface area contributed by atoms with E-state index in [9.17, 15) is 27.7 Å². The second kappa shape index (κ2) is 3.95. The minimum Gasteiger partial charge on any atom is -0.395 e. The zero-order valence-corrected chi connectivity index (χ0v) is 7.57. The highest BCUT2D eigenvalue weighted by atomic mass is 19.4. The van der Waals surface area contributed by atoms with Gasteiger partial charge in [0.2, 0.25) is 0 Å². The van der Waals surface area contributed by atoms with Gasteiger partial charge in [0.25, 0.3) is 0 Å². The van der Waals surface area contributed by atoms with Gasteiger partial charge in [-0.3, -0.25) is 10.1 Å². The second-order valence-electron chi connectivity index (χ2n) is 2.73. The van der Waals surface area contributed by atoms with Crippen LogP contribution in [0.5, 0.6) is 5.75 Å². The van der Waals surface area contributed by atoms with Crippen molar-refractivity contribution in [3.63, 3.8) is 0 Å². The standard InChI is InChI=1S/C8H5F4NO3/c9-7(10,11)8(12,13(14)15)16-6-4-2-1-3-5-6/h1-5H. The lowest BCUT2D eigenvalue weighted by molar-refractivity contribution is -0.696. The normalized spacial score (nSPS) is 15.2. The zero-order chi connectivity index (χ0) is 12.4. The van der Waals surface area contributed by atoms with Gasteiger partial charge in [-0.1, -0.05) is 18.2 Å². The van der Waals surface area contributed by atoms with Crippen LogP contribution in [0, 0.1) is 10.1 Å². The van der Waals surface area contributed by atoms with E-state index in [2.05, 4.69) is 4.74 Å². The molecule has 0 heterocycles. The van der Waals surface area contributed by atoms with Gasteiger partial charge in [-0.2, -0.15) is 13.2 Å². The highest BCUT2D eigenvalue weighted by Gasteiger charge is 2.72. The number of nitro groups is 1. The maximum atomic E-state index is 13.1. The molecule has 0 radical (unpaired) electrons. The fraction of sp³-hybridized carbons (Fsp3) is 0.250. The van der Waals surface area contributed by atoms with Gasteiger partial charge in [0.1, 0.15) is 10.7 Å². The minimum atomic E-state index is -5.76. The van der Waals surface area contributed by atoms with Gasteiger partial charge in [-0.15, -0.1) is 4.39 Å². The molecule has 88 valence electrons. The number of benzene rings is 1. The highest BCUT2D eigenvalue weighted by molar-refractivity contribution is 5.21. The van der Waals surface area contributed by atoms with Crippen LogP contribution < -0.4 is 4.74 Å². The molecular formula is C8H5F4NO3. The Morgan fingerprint density at radius 3 is 2.00 bits per heavy atom. The van der Waals surface area contributed by atoms with Crippen molar-refractivity contribution in [3.8, 4) is 5.75 Å². The lowest BCUT2D eigenvalue weighted by atomic mass is 10.3. The quantitative estimate of drug-likeness (QED) is 0.268. The Morgan fingerprint density at radius 2 is 1.62 bits per heavy atom. The van der Waals surface area contributed by atoms with E-state index in [0.29, 0.717) is 0 Å². The zero-order valence-electron chi connectivity index (χ0n) is 7.57. The molecule has 8 heteroatoms. The molecule has 0 saturated carbocycles. The summed E-state index contributed by atoms with van der Waals surface area (Å²) in [7, 11) is 0. The van der Waals surface area contributed by atoms with Crippen LogP contribution >= 0.6 is 0 Å². The second-order valence-corrected chi connectivity index (χ2v) is 2.73. The van der Waals surface area contributed by atoms with Crippen LogP contribution in [0.4, 0.5) is 17.6 Å². The Kier molecular flexibility index (Phi) is 3.02. The molecule has 0 aliphatic heterocycles. The van der Waals surface area contributed by atoms with E-state index >= 15 is 0 Å². The number of hydrogen-bond donors (Lipinski definition) is 0. The molecule has 0 saturated heterocycles. The Morgan fingerprint density at radius 1 is 1.12 bits per heavy atom. The molecule has 16 heavy (non-hydrogen) atoms. The third-order valence-electron chi connectivity index (χ3n) is 1.58. The number of nitrogens with zero attached hydrogens (tertiary/aromatic N) is 1. The summed E-state index contributed by atoms with van der Waals surface area (Å²) in [6, 6.07) is 5.90. The molecule has 0 bridgehead atoms. The van der Waals surface area contributed by atoms with Crippen LogP contribution in [0.3, 0.4) is 0 Å². The summed E-state index contributed by atoms with van der Waals surface area (Å²) in [5.41, 5.74) is 0. The first-order valence-electron chi connectivity index (χ1n) is 3.91. The average Bonchev–Trinajstić information content (AvgIpc) is 2.17. The molecule has 1 atom stereocenters. The number of rotatable bonds is 3. The fourth-order valence-corrected chi connectivity index (χ4v) is 0.843. The molecule has 0 fully saturated rings. The maximum absolute atomic E-state index is 13.1. The van der Waals surface area contributed by atoms with Crippen LogP contribution in [-0.4, -0.2) is 17.1 Å². The first-order valence-corrected chi connectivity index (χ1v) is 3.91. The van der Waals surface area contributed by atoms with Crippen molar-refractivity contribution in [3.05, 3.63) is 40.4 Å². The van der Waals surface area contributed by atoms with Crippen molar-refractivity contribution in [2.75, 3.05) is 0 Å². The number of alkyl halides is 4. The number of ether oxygens (including phenoxy) is 1. The molecule has 0 spiro atoms. The Balaban J connectivity index is 3.03. The van der Waals surface area contributed by atoms with Crippen molar-refractivity contribution in [2.24, 2.45) is 0 Å². The van der Waals surface area contributed by atoms with Gasteiger partial charge in [-0.25, -0.2) is 0 Å². The molecule has 1 rings (SSSR count). The Bertz CT molecular complexity index is 381. The SMILES string of the molecule is O=[N+]([O-])C(F)(Oc1ccccc1)C(F)(F)F. The van der Waals surface area contributed by atoms with Crippen molar-refractivity contribution in [1.29, 1.82) is 0 Å². The van der Waals surface area contributed by atoms with Gasteiger partial charge >= 0.3 is 12.2 Å². The van der Waals surface area contributed by atoms with Crippen molar-refractivity contribution < 1.29 is 27.2 Å². The third-order valence-corrected chi connectivity index (χ3v) is 1.58. The highest BCUT2D eigenvalue weighted by Crippen LogP contribution is 2.36. The van der Waals surface area contributed by atoms with Gasteiger partial charge in [0.15, 0.2) is 0 Å². The predicted octanol–water partition coefficient (Wildman–Crippen LogP) is 2.53. The van der Waals surface area contributed by atoms with Crippen molar-refractivity contribution >= 4 is 0 Å². The maximum Gasteiger partial charge on any atom is 0.618 e. The summed E-state index contributed by atoms with van der Waals surface area (Å²) in [5, 5.41) is 10.1. The van der Waals surface area contributed by atoms with Crippen molar-refractivity contribution in [1.82, 2.24) is 0 Å². The van der Waals surface area contributed by atoms with E-state index in [1.807, 2.05) is 0 Å². The van der Waals surface area contributed by atoms with E-state index in [4.69, 9.17) is 0 Å². The van der Waals surface area contributed by atoms with Gasteiger partial charge in [0, 0.05) is 0 Å². The summed E-state index contributed by atoms with van der Waals surface area (Å²) in [6.07, 6.45) is -5.76. The molecule has 1 unspecified atom stereocenters.